The summed E-state index contributed by atoms with van der Waals surface area (Å²) in [5, 5.41) is 68.8. The minimum absolute atomic E-state index is 0.00544. The number of aromatic amines is 2. The van der Waals surface area contributed by atoms with E-state index in [1.807, 2.05) is 0 Å². The number of rotatable bonds is 16. The van der Waals surface area contributed by atoms with E-state index in [0.29, 0.717) is 83.4 Å². The minimum Gasteiger partial charge on any atom is -0.478 e. The number of hydrogen-bond donors (Lipinski definition) is 12. The van der Waals surface area contributed by atoms with Crippen molar-refractivity contribution >= 4 is 116 Å². The molecule has 0 saturated heterocycles. The number of anilines is 8. The van der Waals surface area contributed by atoms with Gasteiger partial charge in [0.05, 0.1) is 106 Å². The van der Waals surface area contributed by atoms with Crippen molar-refractivity contribution in [2.24, 2.45) is 0 Å². The molecule has 0 aliphatic carbocycles. The predicted octanol–water partition coefficient (Wildman–Crippen LogP) is 17.8. The maximum absolute atomic E-state index is 14.7. The number of nitrogens with one attached hydrogen (secondary N) is 8. The SMILES string of the molecule is Cc1noc(C)c1-c1cc(F)c(Nc2ccccc2C(=O)NO)c(Cl)c1.Cc1noc(C)c1-c1cc(F)c(Nc2ccccc2C(=O)O)c(Cl)c1.O=C(NO)c1ccccc1Nc1c(Cl)cc(-c2cn[nH]c2)cc1Cl.O=C(O)c1ccccc1Nc1c(F)cc(-c2cn[nH]c2)cc1F. The van der Waals surface area contributed by atoms with Gasteiger partial charge < -0.3 is 40.5 Å². The molecular formula is C68H52Cl4F4N12O10. The first-order chi connectivity index (χ1) is 47.0. The van der Waals surface area contributed by atoms with Crippen LogP contribution in [-0.4, -0.2) is 75.1 Å². The second-order valence-corrected chi connectivity index (χ2v) is 22.4. The Morgan fingerprint density at radius 2 is 0.704 bits per heavy atom. The van der Waals surface area contributed by atoms with Gasteiger partial charge in [0.25, 0.3) is 11.8 Å². The normalized spacial score (nSPS) is 10.6. The quantitative estimate of drug-likeness (QED) is 0.0243. The van der Waals surface area contributed by atoms with E-state index in [9.17, 15) is 41.8 Å². The van der Waals surface area contributed by atoms with E-state index in [-0.39, 0.29) is 55.0 Å². The highest BCUT2D eigenvalue weighted by Gasteiger charge is 2.23. The number of carbonyl (C=O) groups excluding carboxylic acids is 2. The Hall–Kier alpha value is -11.5. The number of para-hydroxylation sites is 4. The summed E-state index contributed by atoms with van der Waals surface area (Å²) in [6.45, 7) is 6.98. The second-order valence-electron chi connectivity index (χ2n) is 20.8. The van der Waals surface area contributed by atoms with Crippen LogP contribution in [0.3, 0.4) is 0 Å². The maximum atomic E-state index is 14.7. The van der Waals surface area contributed by atoms with Crippen LogP contribution < -0.4 is 32.2 Å². The third kappa shape index (κ3) is 16.6. The Morgan fingerprint density at radius 1 is 0.408 bits per heavy atom. The zero-order valence-corrected chi connectivity index (χ0v) is 54.2. The topological polar surface area (TPSA) is 331 Å². The van der Waals surface area contributed by atoms with Crippen molar-refractivity contribution in [3.63, 3.8) is 0 Å². The fourth-order valence-corrected chi connectivity index (χ4v) is 10.9. The summed E-state index contributed by atoms with van der Waals surface area (Å²) in [6, 6.07) is 36.7. The van der Waals surface area contributed by atoms with Crippen molar-refractivity contribution in [3.05, 3.63) is 259 Å². The minimum atomic E-state index is -1.19. The molecule has 8 aromatic carbocycles. The molecule has 12 N–H and O–H groups in total. The Morgan fingerprint density at radius 3 is 1.03 bits per heavy atom. The summed E-state index contributed by atoms with van der Waals surface area (Å²) < 4.78 is 68.1. The second kappa shape index (κ2) is 31.8. The molecule has 12 aromatic rings. The average molecular weight is 1420 g/mol. The van der Waals surface area contributed by atoms with Crippen molar-refractivity contribution in [2.45, 2.75) is 27.7 Å². The molecule has 0 saturated carbocycles. The number of amides is 2. The Bertz CT molecular complexity index is 4790. The number of nitrogens with zero attached hydrogens (tertiary/aromatic N) is 4. The first kappa shape index (κ1) is 70.8. The summed E-state index contributed by atoms with van der Waals surface area (Å²) in [4.78, 5) is 45.9. The van der Waals surface area contributed by atoms with Gasteiger partial charge in [-0.15, -0.1) is 0 Å². The van der Waals surface area contributed by atoms with Crippen LogP contribution in [0.4, 0.5) is 63.1 Å². The number of carboxylic acids is 2. The van der Waals surface area contributed by atoms with Gasteiger partial charge in [0.1, 0.15) is 40.5 Å². The van der Waals surface area contributed by atoms with Gasteiger partial charge in [-0.2, -0.15) is 10.2 Å². The number of halogens is 8. The smallest absolute Gasteiger partial charge is 0.337 e. The lowest BCUT2D eigenvalue weighted by Crippen LogP contribution is -2.19. The van der Waals surface area contributed by atoms with Gasteiger partial charge in [0.2, 0.25) is 0 Å². The third-order valence-electron chi connectivity index (χ3n) is 14.4. The summed E-state index contributed by atoms with van der Waals surface area (Å²) in [5.41, 5.74) is 10.9. The van der Waals surface area contributed by atoms with E-state index in [1.165, 1.54) is 54.9 Å². The zero-order chi connectivity index (χ0) is 70.5. The number of aromatic nitrogens is 6. The van der Waals surface area contributed by atoms with Crippen LogP contribution in [0.15, 0.2) is 179 Å². The summed E-state index contributed by atoms with van der Waals surface area (Å²) in [7, 11) is 0. The predicted molar refractivity (Wildman–Crippen MR) is 362 cm³/mol. The van der Waals surface area contributed by atoms with Crippen LogP contribution in [0.25, 0.3) is 44.5 Å². The molecule has 22 nitrogen and oxygen atoms in total. The van der Waals surface area contributed by atoms with Crippen molar-refractivity contribution in [1.29, 1.82) is 0 Å². The number of hydroxylamine groups is 2. The monoisotopic (exact) mass is 1410 g/mol. The van der Waals surface area contributed by atoms with Crippen LogP contribution in [0.2, 0.25) is 20.1 Å². The summed E-state index contributed by atoms with van der Waals surface area (Å²) in [5.74, 6) is -5.43. The van der Waals surface area contributed by atoms with Gasteiger partial charge in [-0.1, -0.05) is 105 Å². The van der Waals surface area contributed by atoms with Crippen molar-refractivity contribution in [2.75, 3.05) is 21.3 Å². The van der Waals surface area contributed by atoms with Gasteiger partial charge in [-0.25, -0.2) is 38.1 Å². The van der Waals surface area contributed by atoms with E-state index >= 15 is 0 Å². The van der Waals surface area contributed by atoms with Gasteiger partial charge in [-0.05, 0) is 147 Å². The number of aryl methyl sites for hydroxylation is 4. The van der Waals surface area contributed by atoms with Crippen LogP contribution in [0, 0.1) is 51.0 Å². The van der Waals surface area contributed by atoms with E-state index in [1.54, 1.807) is 142 Å². The summed E-state index contributed by atoms with van der Waals surface area (Å²) >= 11 is 25.2. The molecule has 0 spiro atoms. The molecule has 30 heteroatoms. The molecule has 0 radical (unpaired) electrons. The number of carboxylic acid groups (broad SMARTS) is 2. The van der Waals surface area contributed by atoms with Gasteiger partial charge in [0, 0.05) is 34.6 Å². The number of H-pyrrole nitrogens is 2. The van der Waals surface area contributed by atoms with Crippen LogP contribution in [0.5, 0.6) is 0 Å². The van der Waals surface area contributed by atoms with E-state index in [0.717, 1.165) is 23.3 Å². The number of benzene rings is 8. The van der Waals surface area contributed by atoms with E-state index in [2.05, 4.69) is 52.0 Å². The molecule has 0 unspecified atom stereocenters. The molecule has 2 amide bonds. The van der Waals surface area contributed by atoms with Crippen LogP contribution in [0.1, 0.15) is 64.3 Å². The van der Waals surface area contributed by atoms with Crippen molar-refractivity contribution < 1.29 is 66.4 Å². The molecule has 500 valence electrons. The molecule has 12 rings (SSSR count). The standard InChI is InChI=1S/C18H15ClFN3O3.C18H14ClFN2O3.C16H12Cl2N4O2.C16H11F2N3O2/c1-9-16(10(2)26-23-9)11-7-13(19)17(14(20)8-11)21-15-6-4-3-5-12(15)18(24)22-25;1-9-16(10(2)25-22-9)11-7-13(19)17(14(20)8-11)21-15-6-4-3-5-12(15)18(23)24;17-12-5-9(10-7-19-20-8-10)6-13(18)15(12)21-14-4-2-1-3-11(14)16(23)22-24;17-12-5-9(10-7-19-20-8-10)6-13(18)15(12)21-14-4-2-1-3-11(14)16(22)23/h3-8,21,25H,1-2H3,(H,22,24);3-8,21H,1-2H3,(H,23,24);1-8,21,24H,(H,19,20)(H,22,23);1-8,21H,(H,19,20)(H,22,23). The number of hydrogen-bond acceptors (Lipinski definition) is 16. The average Bonchev–Trinajstić information content (AvgIpc) is 1.41. The largest absolute Gasteiger partial charge is 0.478 e. The third-order valence-corrected chi connectivity index (χ3v) is 15.6. The number of aromatic carboxylic acids is 2. The summed E-state index contributed by atoms with van der Waals surface area (Å²) in [6.07, 6.45) is 6.36. The molecular weight excluding hydrogens is 1360 g/mol. The molecule has 4 aromatic heterocycles. The fraction of sp³-hybridized carbons (Fsp3) is 0.0588. The lowest BCUT2D eigenvalue weighted by Gasteiger charge is -2.14. The van der Waals surface area contributed by atoms with Crippen molar-refractivity contribution in [1.82, 2.24) is 41.7 Å². The lowest BCUT2D eigenvalue weighted by atomic mass is 10.0. The molecule has 98 heavy (non-hydrogen) atoms. The van der Waals surface area contributed by atoms with E-state index in [4.69, 9.17) is 71.0 Å². The van der Waals surface area contributed by atoms with Gasteiger partial charge in [-0.3, -0.25) is 30.2 Å². The van der Waals surface area contributed by atoms with Crippen LogP contribution >= 0.6 is 46.4 Å². The highest BCUT2D eigenvalue weighted by molar-refractivity contribution is 6.40. The van der Waals surface area contributed by atoms with E-state index < -0.39 is 52.7 Å². The first-order valence-electron chi connectivity index (χ1n) is 28.6. The first-order valence-corrected chi connectivity index (χ1v) is 30.1. The molecule has 0 bridgehead atoms. The molecule has 0 aliphatic heterocycles. The molecule has 0 atom stereocenters. The van der Waals surface area contributed by atoms with Crippen molar-refractivity contribution in [3.8, 4) is 44.5 Å². The highest BCUT2D eigenvalue weighted by Crippen LogP contribution is 2.41. The van der Waals surface area contributed by atoms with Gasteiger partial charge >= 0.3 is 11.9 Å². The maximum Gasteiger partial charge on any atom is 0.337 e. The Balaban J connectivity index is 0.000000153. The van der Waals surface area contributed by atoms with Crippen LogP contribution in [-0.2, 0) is 0 Å². The molecule has 0 fully saturated rings. The lowest BCUT2D eigenvalue weighted by molar-refractivity contribution is 0.0687. The fourth-order valence-electron chi connectivity index (χ4n) is 9.80. The molecule has 4 heterocycles. The highest BCUT2D eigenvalue weighted by atomic mass is 35.5. The number of carbonyl (C=O) groups is 4. The Kier molecular flexibility index (Phi) is 23.0. The Labute approximate surface area is 573 Å². The molecule has 0 aliphatic rings. The van der Waals surface area contributed by atoms with Gasteiger partial charge in [0.15, 0.2) is 0 Å². The zero-order valence-electron chi connectivity index (χ0n) is 51.2.